The highest BCUT2D eigenvalue weighted by molar-refractivity contribution is 7.99. The molecular weight excluding hydrogens is 362 g/mol. The van der Waals surface area contributed by atoms with Crippen LogP contribution in [0.5, 0.6) is 0 Å². The molecule has 0 fully saturated rings. The van der Waals surface area contributed by atoms with Crippen molar-refractivity contribution in [2.75, 3.05) is 11.1 Å². The smallest absolute Gasteiger partial charge is 0.234 e. The maximum atomic E-state index is 12.1. The Hall–Kier alpha value is -2.68. The number of hydrogen-bond donors (Lipinski definition) is 1. The summed E-state index contributed by atoms with van der Waals surface area (Å²) in [6.07, 6.45) is 3.50. The number of benzene rings is 1. The fraction of sp³-hybridized carbons (Fsp3) is 0.389. The highest BCUT2D eigenvalue weighted by atomic mass is 32.2. The molecule has 0 bridgehead atoms. The lowest BCUT2D eigenvalue weighted by Crippen LogP contribution is -2.14. The van der Waals surface area contributed by atoms with Gasteiger partial charge in [-0.05, 0) is 36.8 Å². The number of aromatic nitrogens is 6. The molecule has 9 heteroatoms. The molecule has 1 amide bonds. The van der Waals surface area contributed by atoms with E-state index < -0.39 is 0 Å². The van der Waals surface area contributed by atoms with Crippen LogP contribution >= 0.6 is 11.8 Å². The molecule has 142 valence electrons. The molecule has 0 atom stereocenters. The van der Waals surface area contributed by atoms with Gasteiger partial charge in [0.05, 0.1) is 36.0 Å². The van der Waals surface area contributed by atoms with Crippen LogP contribution in [0.1, 0.15) is 36.8 Å². The van der Waals surface area contributed by atoms with Crippen LogP contribution in [0.3, 0.4) is 0 Å². The van der Waals surface area contributed by atoms with E-state index in [-0.39, 0.29) is 11.9 Å². The van der Waals surface area contributed by atoms with Gasteiger partial charge in [-0.3, -0.25) is 9.48 Å². The van der Waals surface area contributed by atoms with Gasteiger partial charge in [-0.1, -0.05) is 29.8 Å². The second-order valence-corrected chi connectivity index (χ2v) is 7.58. The lowest BCUT2D eigenvalue weighted by Gasteiger charge is -2.07. The summed E-state index contributed by atoms with van der Waals surface area (Å²) in [6.45, 7) is 6.77. The molecule has 0 saturated heterocycles. The fourth-order valence-corrected chi connectivity index (χ4v) is 3.38. The van der Waals surface area contributed by atoms with Crippen molar-refractivity contribution in [3.8, 4) is 0 Å². The molecule has 8 nitrogen and oxygen atoms in total. The lowest BCUT2D eigenvalue weighted by atomic mass is 10.1. The summed E-state index contributed by atoms with van der Waals surface area (Å²) in [4.78, 5) is 12.1. The van der Waals surface area contributed by atoms with Crippen molar-refractivity contribution >= 4 is 23.4 Å². The molecule has 3 aromatic rings. The molecule has 2 heterocycles. The van der Waals surface area contributed by atoms with Gasteiger partial charge in [0.25, 0.3) is 0 Å². The van der Waals surface area contributed by atoms with Crippen molar-refractivity contribution in [3.63, 3.8) is 0 Å². The molecule has 2 aromatic heterocycles. The van der Waals surface area contributed by atoms with Crippen LogP contribution in [0.2, 0.25) is 0 Å². The van der Waals surface area contributed by atoms with Crippen molar-refractivity contribution in [1.29, 1.82) is 0 Å². The van der Waals surface area contributed by atoms with E-state index in [1.165, 1.54) is 22.9 Å². The van der Waals surface area contributed by atoms with Gasteiger partial charge in [0.15, 0.2) is 5.82 Å². The second-order valence-electron chi connectivity index (χ2n) is 6.59. The summed E-state index contributed by atoms with van der Waals surface area (Å²) in [5, 5.41) is 18.8. The first-order valence-corrected chi connectivity index (χ1v) is 9.89. The Morgan fingerprint density at radius 3 is 2.96 bits per heavy atom. The number of nitrogens with one attached hydrogen (secondary N) is 1. The number of anilines is 1. The van der Waals surface area contributed by atoms with Gasteiger partial charge in [-0.15, -0.1) is 16.9 Å². The van der Waals surface area contributed by atoms with Crippen LogP contribution in [0.4, 0.5) is 5.69 Å². The number of aryl methyl sites for hydroxylation is 1. The van der Waals surface area contributed by atoms with E-state index in [1.807, 2.05) is 30.8 Å². The zero-order chi connectivity index (χ0) is 19.2. The summed E-state index contributed by atoms with van der Waals surface area (Å²) in [7, 11) is 0. The van der Waals surface area contributed by atoms with E-state index in [4.69, 9.17) is 0 Å². The molecule has 1 N–H and O–H groups in total. The van der Waals surface area contributed by atoms with E-state index in [2.05, 4.69) is 51.1 Å². The molecular formula is C18H23N7OS. The summed E-state index contributed by atoms with van der Waals surface area (Å²) in [5.41, 5.74) is 3.09. The van der Waals surface area contributed by atoms with Crippen LogP contribution in [0, 0.1) is 6.92 Å². The highest BCUT2D eigenvalue weighted by Gasteiger charge is 2.11. The number of tetrazole rings is 1. The van der Waals surface area contributed by atoms with Crippen molar-refractivity contribution in [2.45, 2.75) is 39.1 Å². The Balaban J connectivity index is 1.47. The van der Waals surface area contributed by atoms with E-state index in [1.54, 1.807) is 10.9 Å². The molecule has 0 saturated carbocycles. The van der Waals surface area contributed by atoms with Crippen LogP contribution in [-0.2, 0) is 17.1 Å². The van der Waals surface area contributed by atoms with Gasteiger partial charge in [0, 0.05) is 6.20 Å². The standard InChI is InChI=1S/C18H23N7OS/c1-13(2)25-17(21-22-23-25)11-27-12-18(26)20-16-8-19-24(10-16)9-15-6-4-5-14(3)7-15/h4-8,10,13H,9,11-12H2,1-3H3,(H,20,26). The van der Waals surface area contributed by atoms with E-state index in [0.717, 1.165) is 5.82 Å². The lowest BCUT2D eigenvalue weighted by molar-refractivity contribution is -0.113. The van der Waals surface area contributed by atoms with Crippen LogP contribution in [-0.4, -0.2) is 41.6 Å². The summed E-state index contributed by atoms with van der Waals surface area (Å²) >= 11 is 1.48. The van der Waals surface area contributed by atoms with Gasteiger partial charge < -0.3 is 5.32 Å². The monoisotopic (exact) mass is 385 g/mol. The molecule has 0 aliphatic rings. The Kier molecular flexibility index (Phi) is 6.23. The van der Waals surface area contributed by atoms with Gasteiger partial charge in [0.2, 0.25) is 5.91 Å². The highest BCUT2D eigenvalue weighted by Crippen LogP contribution is 2.14. The third kappa shape index (κ3) is 5.40. The number of rotatable bonds is 8. The van der Waals surface area contributed by atoms with Gasteiger partial charge in [-0.2, -0.15) is 5.10 Å². The number of nitrogens with zero attached hydrogens (tertiary/aromatic N) is 6. The number of carbonyl (C=O) groups excluding carboxylic acids is 1. The first-order valence-electron chi connectivity index (χ1n) is 8.73. The number of amides is 1. The molecule has 0 radical (unpaired) electrons. The second kappa shape index (κ2) is 8.81. The largest absolute Gasteiger partial charge is 0.323 e. The Labute approximate surface area is 162 Å². The maximum absolute atomic E-state index is 12.1. The van der Waals surface area contributed by atoms with Crippen molar-refractivity contribution < 1.29 is 4.79 Å². The van der Waals surface area contributed by atoms with E-state index >= 15 is 0 Å². The molecule has 27 heavy (non-hydrogen) atoms. The quantitative estimate of drug-likeness (QED) is 0.641. The van der Waals surface area contributed by atoms with Crippen LogP contribution < -0.4 is 5.32 Å². The van der Waals surface area contributed by atoms with Gasteiger partial charge >= 0.3 is 0 Å². The molecule has 3 rings (SSSR count). The van der Waals surface area contributed by atoms with Gasteiger partial charge in [-0.25, -0.2) is 4.68 Å². The summed E-state index contributed by atoms with van der Waals surface area (Å²) in [6, 6.07) is 8.48. The minimum absolute atomic E-state index is 0.0707. The normalized spacial score (nSPS) is 11.1. The SMILES string of the molecule is Cc1cccc(Cn2cc(NC(=O)CSCc3nnnn3C(C)C)cn2)c1. The zero-order valence-electron chi connectivity index (χ0n) is 15.7. The molecule has 0 aliphatic heterocycles. The molecule has 0 spiro atoms. The van der Waals surface area contributed by atoms with Crippen molar-refractivity contribution in [3.05, 3.63) is 53.6 Å². The Morgan fingerprint density at radius 1 is 1.33 bits per heavy atom. The zero-order valence-corrected chi connectivity index (χ0v) is 16.5. The maximum Gasteiger partial charge on any atom is 0.234 e. The Bertz CT molecular complexity index is 903. The van der Waals surface area contributed by atoms with Crippen LogP contribution in [0.25, 0.3) is 0 Å². The number of carbonyl (C=O) groups is 1. The number of hydrogen-bond acceptors (Lipinski definition) is 6. The summed E-state index contributed by atoms with van der Waals surface area (Å²) < 4.78 is 3.58. The molecule has 0 aliphatic carbocycles. The Morgan fingerprint density at radius 2 is 2.19 bits per heavy atom. The van der Waals surface area contributed by atoms with Crippen molar-refractivity contribution in [1.82, 2.24) is 30.0 Å². The van der Waals surface area contributed by atoms with Gasteiger partial charge in [0.1, 0.15) is 0 Å². The minimum atomic E-state index is -0.0707. The molecule has 0 unspecified atom stereocenters. The number of thioether (sulfide) groups is 1. The van der Waals surface area contributed by atoms with E-state index in [9.17, 15) is 4.79 Å². The average molecular weight is 385 g/mol. The first-order chi connectivity index (χ1) is 13.0. The third-order valence-electron chi connectivity index (χ3n) is 3.86. The molecule has 1 aromatic carbocycles. The average Bonchev–Trinajstić information content (AvgIpc) is 3.24. The van der Waals surface area contributed by atoms with E-state index in [0.29, 0.717) is 23.7 Å². The first kappa shape index (κ1) is 19.1. The summed E-state index contributed by atoms with van der Waals surface area (Å²) in [5.74, 6) is 1.62. The predicted molar refractivity (Wildman–Crippen MR) is 106 cm³/mol. The van der Waals surface area contributed by atoms with Crippen molar-refractivity contribution in [2.24, 2.45) is 0 Å². The minimum Gasteiger partial charge on any atom is -0.323 e. The fourth-order valence-electron chi connectivity index (χ4n) is 2.65. The predicted octanol–water partition coefficient (Wildman–Crippen LogP) is 2.68. The van der Waals surface area contributed by atoms with Crippen LogP contribution in [0.15, 0.2) is 36.7 Å². The third-order valence-corrected chi connectivity index (χ3v) is 4.79. The topological polar surface area (TPSA) is 90.5 Å².